The number of carbonyl (C=O) groups is 2. The summed E-state index contributed by atoms with van der Waals surface area (Å²) in [7, 11) is 0. The minimum Gasteiger partial charge on any atom is -0.376 e. The summed E-state index contributed by atoms with van der Waals surface area (Å²) in [4.78, 5) is 23.7. The number of rotatable bonds is 8. The summed E-state index contributed by atoms with van der Waals surface area (Å²) in [5.74, 6) is -0.160. The average Bonchev–Trinajstić information content (AvgIpc) is 2.64. The van der Waals surface area contributed by atoms with Crippen LogP contribution in [0.3, 0.4) is 0 Å². The molecular weight excluding hydrogens is 302 g/mol. The van der Waals surface area contributed by atoms with E-state index in [0.717, 1.165) is 17.7 Å². The molecule has 0 saturated heterocycles. The Morgan fingerprint density at radius 2 is 1.62 bits per heavy atom. The molecule has 0 aliphatic carbocycles. The summed E-state index contributed by atoms with van der Waals surface area (Å²) in [5.41, 5.74) is 2.45. The minimum atomic E-state index is -0.119. The van der Waals surface area contributed by atoms with E-state index in [1.54, 1.807) is 24.3 Å². The van der Waals surface area contributed by atoms with Crippen LogP contribution in [0.15, 0.2) is 54.6 Å². The molecule has 2 aromatic carbocycles. The summed E-state index contributed by atoms with van der Waals surface area (Å²) in [5, 5.41) is 8.72. The Kier molecular flexibility index (Phi) is 6.83. The first-order valence-corrected chi connectivity index (χ1v) is 8.12. The monoisotopic (exact) mass is 325 g/mol. The number of anilines is 1. The molecule has 0 aliphatic rings. The van der Waals surface area contributed by atoms with E-state index in [1.165, 1.54) is 0 Å². The van der Waals surface area contributed by atoms with Crippen LogP contribution in [0.2, 0.25) is 0 Å². The van der Waals surface area contributed by atoms with Crippen molar-refractivity contribution in [3.8, 4) is 0 Å². The third-order valence-electron chi connectivity index (χ3n) is 3.47. The molecule has 5 nitrogen and oxygen atoms in total. The first-order chi connectivity index (χ1) is 11.7. The number of nitrogens with one attached hydrogen (secondary N) is 3. The fourth-order valence-electron chi connectivity index (χ4n) is 2.13. The van der Waals surface area contributed by atoms with E-state index >= 15 is 0 Å². The SMILES string of the molecule is CCCNC(=O)CNc1ccc(C(=O)NCc2ccccc2)cc1. The maximum absolute atomic E-state index is 12.1. The first kappa shape index (κ1) is 17.5. The molecule has 0 bridgehead atoms. The molecule has 2 rings (SSSR count). The van der Waals surface area contributed by atoms with Crippen LogP contribution in [-0.2, 0) is 11.3 Å². The summed E-state index contributed by atoms with van der Waals surface area (Å²) in [6.07, 6.45) is 0.915. The van der Waals surface area contributed by atoms with Crippen LogP contribution < -0.4 is 16.0 Å². The molecule has 3 N–H and O–H groups in total. The lowest BCUT2D eigenvalue weighted by Crippen LogP contribution is -2.30. The first-order valence-electron chi connectivity index (χ1n) is 8.12. The van der Waals surface area contributed by atoms with Gasteiger partial charge in [-0.1, -0.05) is 37.3 Å². The number of carbonyl (C=O) groups excluding carboxylic acids is 2. The fourth-order valence-corrected chi connectivity index (χ4v) is 2.13. The number of hydrogen-bond acceptors (Lipinski definition) is 3. The van der Waals surface area contributed by atoms with Crippen LogP contribution in [0.5, 0.6) is 0 Å². The molecule has 126 valence electrons. The Bertz CT molecular complexity index is 654. The van der Waals surface area contributed by atoms with Crippen molar-refractivity contribution in [1.29, 1.82) is 0 Å². The van der Waals surface area contributed by atoms with Crippen molar-refractivity contribution >= 4 is 17.5 Å². The molecule has 24 heavy (non-hydrogen) atoms. The molecular formula is C19H23N3O2. The molecule has 5 heteroatoms. The number of hydrogen-bond donors (Lipinski definition) is 3. The lowest BCUT2D eigenvalue weighted by Gasteiger charge is -2.09. The van der Waals surface area contributed by atoms with Crippen molar-refractivity contribution < 1.29 is 9.59 Å². The van der Waals surface area contributed by atoms with E-state index in [4.69, 9.17) is 0 Å². The number of benzene rings is 2. The fraction of sp³-hybridized carbons (Fsp3) is 0.263. The minimum absolute atomic E-state index is 0.0402. The zero-order chi connectivity index (χ0) is 17.2. The molecule has 0 unspecified atom stereocenters. The second kappa shape index (κ2) is 9.35. The van der Waals surface area contributed by atoms with E-state index in [0.29, 0.717) is 18.7 Å². The molecule has 0 radical (unpaired) electrons. The zero-order valence-corrected chi connectivity index (χ0v) is 13.8. The average molecular weight is 325 g/mol. The van der Waals surface area contributed by atoms with Crippen LogP contribution in [0, 0.1) is 0 Å². The van der Waals surface area contributed by atoms with Gasteiger partial charge in [0.1, 0.15) is 0 Å². The molecule has 0 fully saturated rings. The number of amides is 2. The second-order valence-electron chi connectivity index (χ2n) is 5.45. The summed E-state index contributed by atoms with van der Waals surface area (Å²) in [6, 6.07) is 16.8. The van der Waals surface area contributed by atoms with Crippen molar-refractivity contribution in [2.24, 2.45) is 0 Å². The lowest BCUT2D eigenvalue weighted by molar-refractivity contribution is -0.119. The van der Waals surface area contributed by atoms with Crippen molar-refractivity contribution in [2.45, 2.75) is 19.9 Å². The van der Waals surface area contributed by atoms with E-state index in [1.807, 2.05) is 37.3 Å². The van der Waals surface area contributed by atoms with Crippen LogP contribution in [0.1, 0.15) is 29.3 Å². The van der Waals surface area contributed by atoms with Gasteiger partial charge in [-0.2, -0.15) is 0 Å². The third-order valence-corrected chi connectivity index (χ3v) is 3.47. The van der Waals surface area contributed by atoms with Gasteiger partial charge in [-0.15, -0.1) is 0 Å². The highest BCUT2D eigenvalue weighted by Gasteiger charge is 2.05. The Morgan fingerprint density at radius 1 is 0.917 bits per heavy atom. The van der Waals surface area contributed by atoms with Gasteiger partial charge >= 0.3 is 0 Å². The van der Waals surface area contributed by atoms with E-state index < -0.39 is 0 Å². The quantitative estimate of drug-likeness (QED) is 0.698. The van der Waals surface area contributed by atoms with Gasteiger partial charge in [0.15, 0.2) is 0 Å². The van der Waals surface area contributed by atoms with Gasteiger partial charge in [0, 0.05) is 24.3 Å². The largest absolute Gasteiger partial charge is 0.376 e. The highest BCUT2D eigenvalue weighted by molar-refractivity contribution is 5.94. The van der Waals surface area contributed by atoms with Gasteiger partial charge in [0.2, 0.25) is 5.91 Å². The molecule has 2 aromatic rings. The van der Waals surface area contributed by atoms with Crippen LogP contribution >= 0.6 is 0 Å². The summed E-state index contributed by atoms with van der Waals surface area (Å²) >= 11 is 0. The second-order valence-corrected chi connectivity index (χ2v) is 5.45. The van der Waals surface area contributed by atoms with Crippen LogP contribution in [0.25, 0.3) is 0 Å². The third kappa shape index (κ3) is 5.76. The van der Waals surface area contributed by atoms with E-state index in [9.17, 15) is 9.59 Å². The normalized spacial score (nSPS) is 10.0. The van der Waals surface area contributed by atoms with Crippen molar-refractivity contribution in [3.63, 3.8) is 0 Å². The van der Waals surface area contributed by atoms with Gasteiger partial charge < -0.3 is 16.0 Å². The Morgan fingerprint density at radius 3 is 2.29 bits per heavy atom. The van der Waals surface area contributed by atoms with Crippen molar-refractivity contribution in [2.75, 3.05) is 18.4 Å². The van der Waals surface area contributed by atoms with Crippen LogP contribution in [-0.4, -0.2) is 24.9 Å². The maximum Gasteiger partial charge on any atom is 0.251 e. The molecule has 0 atom stereocenters. The van der Waals surface area contributed by atoms with Crippen molar-refractivity contribution in [1.82, 2.24) is 10.6 Å². The molecule has 0 aromatic heterocycles. The Hall–Kier alpha value is -2.82. The molecule has 2 amide bonds. The van der Waals surface area contributed by atoms with Crippen LogP contribution in [0.4, 0.5) is 5.69 Å². The van der Waals surface area contributed by atoms with Gasteiger partial charge in [0.25, 0.3) is 5.91 Å². The summed E-state index contributed by atoms with van der Waals surface area (Å²) in [6.45, 7) is 3.41. The topological polar surface area (TPSA) is 70.2 Å². The standard InChI is InChI=1S/C19H23N3O2/c1-2-12-20-18(23)14-21-17-10-8-16(9-11-17)19(24)22-13-15-6-4-3-5-7-15/h3-11,21H,2,12-14H2,1H3,(H,20,23)(H,22,24). The zero-order valence-electron chi connectivity index (χ0n) is 13.8. The highest BCUT2D eigenvalue weighted by Crippen LogP contribution is 2.09. The van der Waals surface area contributed by atoms with Gasteiger partial charge in [-0.05, 0) is 36.2 Å². The smallest absolute Gasteiger partial charge is 0.251 e. The molecule has 0 aliphatic heterocycles. The predicted octanol–water partition coefficient (Wildman–Crippen LogP) is 2.55. The maximum atomic E-state index is 12.1. The van der Waals surface area contributed by atoms with E-state index in [2.05, 4.69) is 16.0 Å². The molecule has 0 heterocycles. The predicted molar refractivity (Wildman–Crippen MR) is 95.8 cm³/mol. The molecule has 0 saturated carbocycles. The van der Waals surface area contributed by atoms with E-state index in [-0.39, 0.29) is 18.4 Å². The summed E-state index contributed by atoms with van der Waals surface area (Å²) < 4.78 is 0. The van der Waals surface area contributed by atoms with Crippen molar-refractivity contribution in [3.05, 3.63) is 65.7 Å². The lowest BCUT2D eigenvalue weighted by atomic mass is 10.1. The van der Waals surface area contributed by atoms with Gasteiger partial charge in [-0.25, -0.2) is 0 Å². The highest BCUT2D eigenvalue weighted by atomic mass is 16.2. The van der Waals surface area contributed by atoms with Gasteiger partial charge in [-0.3, -0.25) is 9.59 Å². The van der Waals surface area contributed by atoms with Gasteiger partial charge in [0.05, 0.1) is 6.54 Å². The molecule has 0 spiro atoms. The Labute approximate surface area is 142 Å². The Balaban J connectivity index is 1.80.